The molecule has 2 N–H and O–H groups in total. The quantitative estimate of drug-likeness (QED) is 0.618. The van der Waals surface area contributed by atoms with Gasteiger partial charge >= 0.3 is 12.0 Å². The summed E-state index contributed by atoms with van der Waals surface area (Å²) in [7, 11) is 1.63. The van der Waals surface area contributed by atoms with Crippen molar-refractivity contribution < 1.29 is 29.0 Å². The van der Waals surface area contributed by atoms with Gasteiger partial charge in [-0.15, -0.1) is 0 Å². The number of ether oxygens (including phenoxy) is 1. The van der Waals surface area contributed by atoms with Gasteiger partial charge in [0.15, 0.2) is 0 Å². The van der Waals surface area contributed by atoms with E-state index in [0.717, 1.165) is 0 Å². The highest BCUT2D eigenvalue weighted by atomic mass is 16.5. The number of carboxylic acids is 1. The fourth-order valence-electron chi connectivity index (χ4n) is 1.40. The van der Waals surface area contributed by atoms with E-state index in [-0.39, 0.29) is 12.5 Å². The molecule has 106 valence electrons. The summed E-state index contributed by atoms with van der Waals surface area (Å²) in [6.07, 6.45) is 0. The summed E-state index contributed by atoms with van der Waals surface area (Å²) < 4.78 is 4.53. The van der Waals surface area contributed by atoms with Crippen LogP contribution < -0.4 is 5.32 Å². The van der Waals surface area contributed by atoms with E-state index in [2.05, 4.69) is 4.74 Å². The fraction of sp³-hybridized carbons (Fsp3) is 0.600. The highest BCUT2D eigenvalue weighted by Gasteiger charge is 2.25. The Kier molecular flexibility index (Phi) is 5.24. The molecule has 19 heavy (non-hydrogen) atoms. The number of piperazine rings is 1. The van der Waals surface area contributed by atoms with Crippen LogP contribution in [0.5, 0.6) is 0 Å². The Labute approximate surface area is 109 Å². The number of carbonyl (C=O) groups excluding carboxylic acids is 3. The molecule has 0 radical (unpaired) electrons. The number of imide groups is 1. The van der Waals surface area contributed by atoms with Crippen molar-refractivity contribution in [1.29, 1.82) is 0 Å². The van der Waals surface area contributed by atoms with E-state index >= 15 is 0 Å². The molecule has 0 aromatic rings. The summed E-state index contributed by atoms with van der Waals surface area (Å²) in [5, 5.41) is 10.3. The topological polar surface area (TPSA) is 116 Å². The predicted octanol–water partition coefficient (Wildman–Crippen LogP) is -1.90. The molecule has 0 atom stereocenters. The highest BCUT2D eigenvalue weighted by Crippen LogP contribution is 2.00. The third kappa shape index (κ3) is 4.92. The van der Waals surface area contributed by atoms with Gasteiger partial charge in [0.1, 0.15) is 19.8 Å². The second kappa shape index (κ2) is 6.69. The molecule has 4 amide bonds. The Hall–Kier alpha value is -2.16. The van der Waals surface area contributed by atoms with E-state index in [4.69, 9.17) is 5.11 Å². The molecule has 1 heterocycles. The van der Waals surface area contributed by atoms with Gasteiger partial charge in [-0.25, -0.2) is 9.59 Å². The second-order valence-corrected chi connectivity index (χ2v) is 3.98. The lowest BCUT2D eigenvalue weighted by Gasteiger charge is -2.31. The van der Waals surface area contributed by atoms with Gasteiger partial charge in [-0.05, 0) is 0 Å². The largest absolute Gasteiger partial charge is 0.480 e. The molecule has 0 bridgehead atoms. The third-order valence-electron chi connectivity index (χ3n) is 2.45. The maximum absolute atomic E-state index is 11.6. The number of amides is 4. The maximum atomic E-state index is 11.6. The number of rotatable bonds is 4. The monoisotopic (exact) mass is 273 g/mol. The van der Waals surface area contributed by atoms with Crippen molar-refractivity contribution in [3.05, 3.63) is 0 Å². The minimum atomic E-state index is -1.20. The Morgan fingerprint density at radius 1 is 1.32 bits per heavy atom. The number of aliphatic carboxylic acids is 1. The molecule has 1 saturated heterocycles. The first-order valence-corrected chi connectivity index (χ1v) is 5.52. The van der Waals surface area contributed by atoms with Crippen LogP contribution in [0.4, 0.5) is 4.79 Å². The average molecular weight is 273 g/mol. The minimum absolute atomic E-state index is 0.0917. The van der Waals surface area contributed by atoms with Crippen LogP contribution in [0, 0.1) is 0 Å². The van der Waals surface area contributed by atoms with Crippen LogP contribution in [0.1, 0.15) is 0 Å². The summed E-state index contributed by atoms with van der Waals surface area (Å²) in [5.41, 5.74) is 0. The van der Waals surface area contributed by atoms with Gasteiger partial charge in [-0.1, -0.05) is 0 Å². The first-order chi connectivity index (χ1) is 8.90. The van der Waals surface area contributed by atoms with Crippen LogP contribution in [0.15, 0.2) is 0 Å². The van der Waals surface area contributed by atoms with Gasteiger partial charge in [0, 0.05) is 20.1 Å². The number of carboxylic acid groups (broad SMARTS) is 1. The van der Waals surface area contributed by atoms with Gasteiger partial charge in [-0.2, -0.15) is 0 Å². The van der Waals surface area contributed by atoms with E-state index in [1.165, 1.54) is 9.80 Å². The number of carbonyl (C=O) groups is 4. The second-order valence-electron chi connectivity index (χ2n) is 3.98. The third-order valence-corrected chi connectivity index (χ3v) is 2.45. The summed E-state index contributed by atoms with van der Waals surface area (Å²) in [5.74, 6) is -2.17. The van der Waals surface area contributed by atoms with Crippen molar-refractivity contribution in [2.45, 2.75) is 0 Å². The summed E-state index contributed by atoms with van der Waals surface area (Å²) in [4.78, 5) is 47.1. The first-order valence-electron chi connectivity index (χ1n) is 5.52. The molecule has 0 aromatic carbocycles. The van der Waals surface area contributed by atoms with Crippen LogP contribution in [-0.4, -0.2) is 78.6 Å². The number of nitrogens with one attached hydrogen (secondary N) is 1. The molecule has 0 aliphatic carbocycles. The van der Waals surface area contributed by atoms with E-state index in [1.807, 2.05) is 5.32 Å². The number of nitrogens with zero attached hydrogens (tertiary/aromatic N) is 2. The first kappa shape index (κ1) is 14.9. The maximum Gasteiger partial charge on any atom is 0.329 e. The zero-order valence-electron chi connectivity index (χ0n) is 10.4. The Balaban J connectivity index is 2.32. The summed E-state index contributed by atoms with van der Waals surface area (Å²) in [6.45, 7) is -0.507. The molecule has 0 saturated carbocycles. The Morgan fingerprint density at radius 2 is 2.00 bits per heavy atom. The van der Waals surface area contributed by atoms with E-state index < -0.39 is 31.1 Å². The van der Waals surface area contributed by atoms with Crippen LogP contribution in [0.3, 0.4) is 0 Å². The molecule has 1 aliphatic rings. The standard InChI is InChI=1S/C10H15N3O6/c1-12-2-3-13(4-8(12)15)10(18)11-7(14)5-19-6-9(16)17/h2-6H2,1H3,(H,16,17)(H,11,14,18). The Bertz CT molecular complexity index is 397. The summed E-state index contributed by atoms with van der Waals surface area (Å²) >= 11 is 0. The lowest BCUT2D eigenvalue weighted by Crippen LogP contribution is -2.54. The highest BCUT2D eigenvalue weighted by molar-refractivity contribution is 5.96. The SMILES string of the molecule is CN1CCN(C(=O)NC(=O)COCC(=O)O)CC1=O. The minimum Gasteiger partial charge on any atom is -0.480 e. The number of hydrogen-bond donors (Lipinski definition) is 2. The number of likely N-dealkylation sites (N-methyl/N-ethyl adjacent to an activating group) is 1. The van der Waals surface area contributed by atoms with Gasteiger partial charge in [0.25, 0.3) is 5.91 Å². The van der Waals surface area contributed by atoms with Crippen LogP contribution in [-0.2, 0) is 19.1 Å². The fourth-order valence-corrected chi connectivity index (χ4v) is 1.40. The van der Waals surface area contributed by atoms with Gasteiger partial charge < -0.3 is 19.6 Å². The van der Waals surface area contributed by atoms with Crippen LogP contribution >= 0.6 is 0 Å². The number of urea groups is 1. The molecule has 0 aromatic heterocycles. The van der Waals surface area contributed by atoms with E-state index in [9.17, 15) is 19.2 Å². The van der Waals surface area contributed by atoms with Gasteiger partial charge in [0.2, 0.25) is 5.91 Å². The van der Waals surface area contributed by atoms with Crippen molar-refractivity contribution in [3.8, 4) is 0 Å². The van der Waals surface area contributed by atoms with Gasteiger partial charge in [-0.3, -0.25) is 14.9 Å². The van der Waals surface area contributed by atoms with Gasteiger partial charge in [0.05, 0.1) is 0 Å². The van der Waals surface area contributed by atoms with Crippen LogP contribution in [0.25, 0.3) is 0 Å². The van der Waals surface area contributed by atoms with E-state index in [0.29, 0.717) is 13.1 Å². The molecule has 0 spiro atoms. The molecule has 9 nitrogen and oxygen atoms in total. The van der Waals surface area contributed by atoms with Crippen molar-refractivity contribution in [2.75, 3.05) is 39.9 Å². The molecule has 0 unspecified atom stereocenters. The van der Waals surface area contributed by atoms with Crippen molar-refractivity contribution in [3.63, 3.8) is 0 Å². The van der Waals surface area contributed by atoms with E-state index in [1.54, 1.807) is 7.05 Å². The smallest absolute Gasteiger partial charge is 0.329 e. The zero-order chi connectivity index (χ0) is 14.4. The molecule has 1 fully saturated rings. The van der Waals surface area contributed by atoms with Crippen molar-refractivity contribution in [1.82, 2.24) is 15.1 Å². The molecular formula is C10H15N3O6. The molecular weight excluding hydrogens is 258 g/mol. The normalized spacial score (nSPS) is 15.3. The zero-order valence-corrected chi connectivity index (χ0v) is 10.4. The average Bonchev–Trinajstić information content (AvgIpc) is 2.32. The predicted molar refractivity (Wildman–Crippen MR) is 61.2 cm³/mol. The molecule has 1 rings (SSSR count). The molecule has 9 heteroatoms. The Morgan fingerprint density at radius 3 is 2.58 bits per heavy atom. The lowest BCUT2D eigenvalue weighted by atomic mass is 10.3. The molecule has 1 aliphatic heterocycles. The number of hydrogen-bond acceptors (Lipinski definition) is 5. The van der Waals surface area contributed by atoms with Crippen molar-refractivity contribution in [2.24, 2.45) is 0 Å². The van der Waals surface area contributed by atoms with Crippen molar-refractivity contribution >= 4 is 23.8 Å². The van der Waals surface area contributed by atoms with Crippen LogP contribution in [0.2, 0.25) is 0 Å². The summed E-state index contributed by atoms with van der Waals surface area (Å²) in [6, 6.07) is -0.689. The lowest BCUT2D eigenvalue weighted by molar-refractivity contribution is -0.143.